The van der Waals surface area contributed by atoms with Crippen LogP contribution in [-0.4, -0.2) is 136 Å². The number of rotatable bonds is 10. The SMILES string of the molecule is CC(C)n1cnc2cc(-c3ccc4c(c3)N([C@H]3C[C@@H](N5CCCCC5)C3)C(=O)C43CCN(C(=O)C4CCN(C(=O)C5CCN(c6ccc(N7CCC(=O)NC7=O)cc6)CC5)CC4)CC3)nc(NC3CC3)c21. The first-order valence-corrected chi connectivity index (χ1v) is 26.9. The Morgan fingerprint density at radius 2 is 1.39 bits per heavy atom. The number of carbonyl (C=O) groups excluding carboxylic acids is 5. The number of nitrogens with zero attached hydrogens (tertiary/aromatic N) is 9. The molecule has 0 unspecified atom stereocenters. The summed E-state index contributed by atoms with van der Waals surface area (Å²) in [7, 11) is 0. The van der Waals surface area contributed by atoms with Gasteiger partial charge in [-0.2, -0.15) is 0 Å². The number of urea groups is 1. The minimum atomic E-state index is -0.671. The van der Waals surface area contributed by atoms with Crippen molar-refractivity contribution in [1.82, 2.24) is 34.6 Å². The van der Waals surface area contributed by atoms with Crippen molar-refractivity contribution in [2.45, 2.75) is 133 Å². The molecule has 71 heavy (non-hydrogen) atoms. The fourth-order valence-corrected chi connectivity index (χ4v) is 13.1. The minimum Gasteiger partial charge on any atom is -0.371 e. The Balaban J connectivity index is 0.695. The summed E-state index contributed by atoms with van der Waals surface area (Å²) < 4.78 is 2.20. The number of anilines is 4. The topological polar surface area (TPSA) is 160 Å². The maximum Gasteiger partial charge on any atom is 0.328 e. The molecule has 1 spiro atoms. The molecule has 0 atom stereocenters. The monoisotopic (exact) mass is 964 g/mol. The van der Waals surface area contributed by atoms with Gasteiger partial charge in [0.1, 0.15) is 5.52 Å². The van der Waals surface area contributed by atoms with Crippen molar-refractivity contribution >= 4 is 63.6 Å². The highest BCUT2D eigenvalue weighted by molar-refractivity contribution is 6.10. The molecular formula is C55H69N11O5. The number of amides is 6. The van der Waals surface area contributed by atoms with E-state index in [9.17, 15) is 19.2 Å². The van der Waals surface area contributed by atoms with Crippen molar-refractivity contribution in [3.8, 4) is 11.3 Å². The van der Waals surface area contributed by atoms with E-state index in [1.165, 1.54) is 19.3 Å². The zero-order valence-corrected chi connectivity index (χ0v) is 41.5. The summed E-state index contributed by atoms with van der Waals surface area (Å²) in [6.07, 6.45) is 14.3. The Kier molecular flexibility index (Phi) is 12.0. The average molecular weight is 964 g/mol. The quantitative estimate of drug-likeness (QED) is 0.168. The molecule has 16 heteroatoms. The molecule has 16 nitrogen and oxygen atoms in total. The lowest BCUT2D eigenvalue weighted by Crippen LogP contribution is -2.58. The first-order chi connectivity index (χ1) is 34.5. The van der Waals surface area contributed by atoms with Crippen LogP contribution >= 0.6 is 0 Å². The van der Waals surface area contributed by atoms with E-state index in [4.69, 9.17) is 9.97 Å². The smallest absolute Gasteiger partial charge is 0.328 e. The van der Waals surface area contributed by atoms with Gasteiger partial charge in [0.15, 0.2) is 5.82 Å². The van der Waals surface area contributed by atoms with E-state index in [1.54, 1.807) is 4.90 Å². The molecule has 2 aromatic heterocycles. The average Bonchev–Trinajstić information content (AvgIpc) is 4.05. The van der Waals surface area contributed by atoms with Crippen molar-refractivity contribution in [1.29, 1.82) is 0 Å². The molecule has 6 aliphatic heterocycles. The van der Waals surface area contributed by atoms with E-state index < -0.39 is 11.4 Å². The number of carbonyl (C=O) groups is 5. The Hall–Kier alpha value is -6.03. The normalized spacial score (nSPS) is 24.5. The first-order valence-electron chi connectivity index (χ1n) is 26.9. The number of imide groups is 1. The van der Waals surface area contributed by atoms with Gasteiger partial charge in [0.2, 0.25) is 23.6 Å². The van der Waals surface area contributed by atoms with Crippen LogP contribution in [0.1, 0.15) is 115 Å². The van der Waals surface area contributed by atoms with Crippen molar-refractivity contribution in [2.24, 2.45) is 11.8 Å². The van der Waals surface area contributed by atoms with Crippen LogP contribution in [0.15, 0.2) is 54.9 Å². The maximum absolute atomic E-state index is 15.2. The lowest BCUT2D eigenvalue weighted by molar-refractivity contribution is -0.144. The van der Waals surface area contributed by atoms with Crippen LogP contribution in [0.2, 0.25) is 0 Å². The molecule has 374 valence electrons. The number of likely N-dealkylation sites (tertiary alicyclic amines) is 3. The number of hydrogen-bond donors (Lipinski definition) is 2. The van der Waals surface area contributed by atoms with Gasteiger partial charge in [0.05, 0.1) is 23.0 Å². The van der Waals surface area contributed by atoms with Crippen LogP contribution in [0.4, 0.5) is 27.7 Å². The van der Waals surface area contributed by atoms with E-state index in [-0.39, 0.29) is 54.0 Å². The van der Waals surface area contributed by atoms with Crippen LogP contribution in [0.25, 0.3) is 22.3 Å². The van der Waals surface area contributed by atoms with Gasteiger partial charge in [0, 0.05) is 111 Å². The predicted molar refractivity (Wildman–Crippen MR) is 273 cm³/mol. The number of nitrogens with one attached hydrogen (secondary N) is 2. The lowest BCUT2D eigenvalue weighted by Gasteiger charge is -2.48. The molecule has 8 aliphatic rings. The second-order valence-electron chi connectivity index (χ2n) is 22.2. The van der Waals surface area contributed by atoms with E-state index in [1.807, 2.05) is 40.4 Å². The number of piperidine rings is 4. The first kappa shape index (κ1) is 46.1. The fourth-order valence-electron chi connectivity index (χ4n) is 13.1. The van der Waals surface area contributed by atoms with Crippen LogP contribution in [0, 0.1) is 11.8 Å². The number of benzene rings is 2. The highest BCUT2D eigenvalue weighted by atomic mass is 16.2. The molecule has 8 heterocycles. The molecule has 2 aliphatic carbocycles. The second-order valence-corrected chi connectivity index (χ2v) is 22.2. The number of pyridine rings is 1. The van der Waals surface area contributed by atoms with Gasteiger partial charge in [-0.1, -0.05) is 18.6 Å². The number of fused-ring (bicyclic) bond motifs is 3. The van der Waals surface area contributed by atoms with Crippen molar-refractivity contribution in [3.05, 3.63) is 60.4 Å². The molecule has 7 fully saturated rings. The molecule has 2 aromatic carbocycles. The second kappa shape index (κ2) is 18.5. The molecule has 12 rings (SSSR count). The largest absolute Gasteiger partial charge is 0.371 e. The summed E-state index contributed by atoms with van der Waals surface area (Å²) in [5, 5.41) is 6.08. The van der Waals surface area contributed by atoms with Crippen molar-refractivity contribution in [2.75, 3.05) is 78.9 Å². The van der Waals surface area contributed by atoms with Gasteiger partial charge in [-0.15, -0.1) is 0 Å². The Morgan fingerprint density at radius 3 is 2.06 bits per heavy atom. The van der Waals surface area contributed by atoms with Crippen LogP contribution in [0.5, 0.6) is 0 Å². The molecular weight excluding hydrogens is 895 g/mol. The predicted octanol–water partition coefficient (Wildman–Crippen LogP) is 7.08. The Bertz CT molecular complexity index is 2720. The third-order valence-electron chi connectivity index (χ3n) is 17.6. The van der Waals surface area contributed by atoms with Crippen LogP contribution in [-0.2, 0) is 24.6 Å². The van der Waals surface area contributed by atoms with Gasteiger partial charge >= 0.3 is 6.03 Å². The zero-order chi connectivity index (χ0) is 48.5. The third kappa shape index (κ3) is 8.50. The van der Waals surface area contributed by atoms with E-state index in [0.717, 1.165) is 115 Å². The van der Waals surface area contributed by atoms with Gasteiger partial charge in [0.25, 0.3) is 0 Å². The van der Waals surface area contributed by atoms with Crippen LogP contribution < -0.4 is 25.3 Å². The summed E-state index contributed by atoms with van der Waals surface area (Å²) in [5.74, 6) is 1.02. The Morgan fingerprint density at radius 1 is 0.732 bits per heavy atom. The summed E-state index contributed by atoms with van der Waals surface area (Å²) in [5.41, 5.74) is 7.05. The maximum atomic E-state index is 15.2. The van der Waals surface area contributed by atoms with E-state index in [0.29, 0.717) is 70.5 Å². The zero-order valence-electron chi connectivity index (χ0n) is 41.5. The molecule has 0 bridgehead atoms. The molecule has 4 aromatic rings. The standard InChI is InChI=1S/C55H69N11O5/c1-35(2)65-34-56-46-33-45(58-50(49(46)65)57-39-7-8-39)38-6-13-44-47(30-38)66(43-31-42(32-43)60-21-4-3-5-22-60)53(70)55(44)19-28-63(29-20-55)52(69)37-16-25-62(26-17-37)51(68)36-14-23-61(24-15-36)40-9-11-41(12-10-40)64-27-18-48(67)59-54(64)71/h6,9-13,30,33-37,39,42-43H,3-5,7-8,14-29,31-32H2,1-2H3,(H,57,58)(H,59,67,71)/t42-,43+. The molecule has 6 amide bonds. The van der Waals surface area contributed by atoms with Gasteiger partial charge < -0.3 is 34.4 Å². The summed E-state index contributed by atoms with van der Waals surface area (Å²) in [6.45, 7) is 10.8. The number of hydrogen-bond acceptors (Lipinski definition) is 10. The summed E-state index contributed by atoms with van der Waals surface area (Å²) in [6, 6.07) is 17.5. The summed E-state index contributed by atoms with van der Waals surface area (Å²) in [4.78, 5) is 90.1. The molecule has 2 N–H and O–H groups in total. The van der Waals surface area contributed by atoms with Gasteiger partial charge in [-0.3, -0.25) is 29.4 Å². The highest BCUT2D eigenvalue weighted by Crippen LogP contribution is 2.52. The summed E-state index contributed by atoms with van der Waals surface area (Å²) >= 11 is 0. The third-order valence-corrected chi connectivity index (χ3v) is 17.6. The van der Waals surface area contributed by atoms with Crippen molar-refractivity contribution in [3.63, 3.8) is 0 Å². The molecule has 2 saturated carbocycles. The number of aromatic nitrogens is 3. The lowest BCUT2D eigenvalue weighted by atomic mass is 9.73. The van der Waals surface area contributed by atoms with E-state index in [2.05, 4.69) is 68.0 Å². The van der Waals surface area contributed by atoms with Gasteiger partial charge in [-0.25, -0.2) is 14.8 Å². The highest BCUT2D eigenvalue weighted by Gasteiger charge is 2.56. The minimum absolute atomic E-state index is 0.0417. The van der Waals surface area contributed by atoms with Gasteiger partial charge in [-0.05, 0) is 146 Å². The van der Waals surface area contributed by atoms with Crippen LogP contribution in [0.3, 0.4) is 0 Å². The van der Waals surface area contributed by atoms with E-state index >= 15 is 4.79 Å². The molecule has 5 saturated heterocycles. The Labute approximate surface area is 416 Å². The fraction of sp³-hybridized carbons (Fsp3) is 0.582. The molecule has 0 radical (unpaired) electrons. The number of imidazole rings is 1. The van der Waals surface area contributed by atoms with Crippen molar-refractivity contribution < 1.29 is 24.0 Å².